The molecule has 0 atom stereocenters. The molecule has 78 valence electrons. The van der Waals surface area contributed by atoms with Gasteiger partial charge in [0.2, 0.25) is 0 Å². The fourth-order valence-electron chi connectivity index (χ4n) is 1.30. The molecule has 0 amide bonds. The van der Waals surface area contributed by atoms with E-state index >= 15 is 0 Å². The van der Waals surface area contributed by atoms with Crippen LogP contribution in [0.5, 0.6) is 0 Å². The highest BCUT2D eigenvalue weighted by atomic mass is 14.9. The van der Waals surface area contributed by atoms with Crippen LogP contribution in [0.1, 0.15) is 6.92 Å². The van der Waals surface area contributed by atoms with Gasteiger partial charge < -0.3 is 5.32 Å². The Hall–Kier alpha value is -1.76. The first-order valence-electron chi connectivity index (χ1n) is 5.10. The zero-order valence-electron chi connectivity index (χ0n) is 9.11. The van der Waals surface area contributed by atoms with Crippen LogP contribution in [0, 0.1) is 0 Å². The lowest BCUT2D eigenvalue weighted by atomic mass is 10.2. The van der Waals surface area contributed by atoms with Gasteiger partial charge in [-0.05, 0) is 24.6 Å². The summed E-state index contributed by atoms with van der Waals surface area (Å²) in [6.45, 7) is 6.53. The number of para-hydroxylation sites is 1. The van der Waals surface area contributed by atoms with Crippen LogP contribution in [-0.2, 0) is 0 Å². The Morgan fingerprint density at radius 2 is 2.07 bits per heavy atom. The summed E-state index contributed by atoms with van der Waals surface area (Å²) in [5.74, 6) is 0. The second kappa shape index (κ2) is 6.66. The predicted molar refractivity (Wildman–Crippen MR) is 68.0 cm³/mol. The van der Waals surface area contributed by atoms with E-state index in [1.807, 2.05) is 43.4 Å². The third-order valence-corrected chi connectivity index (χ3v) is 1.98. The van der Waals surface area contributed by atoms with E-state index in [9.17, 15) is 0 Å². The van der Waals surface area contributed by atoms with Crippen molar-refractivity contribution >= 4 is 5.69 Å². The summed E-state index contributed by atoms with van der Waals surface area (Å²) in [5.41, 5.74) is 2.35. The minimum Gasteiger partial charge on any atom is -0.381 e. The van der Waals surface area contributed by atoms with Crippen LogP contribution in [0.3, 0.4) is 0 Å². The monoisotopic (exact) mass is 199 g/mol. The van der Waals surface area contributed by atoms with Crippen molar-refractivity contribution in [2.24, 2.45) is 0 Å². The van der Waals surface area contributed by atoms with Crippen molar-refractivity contribution in [2.75, 3.05) is 11.9 Å². The highest BCUT2D eigenvalue weighted by Gasteiger charge is 1.91. The van der Waals surface area contributed by atoms with Gasteiger partial charge in [0.05, 0.1) is 0 Å². The standard InChI is InChI=1S/C14H17N/c1-3-8-13(9-4-2)12-15-14-10-6-5-7-11-14/h3-11,15H,1,12H2,2H3/b9-4-,13-8+. The SMILES string of the molecule is C=C/C=C(\C=C/C)CNc1ccccc1. The van der Waals surface area contributed by atoms with Crippen LogP contribution in [0.15, 0.2) is 66.8 Å². The van der Waals surface area contributed by atoms with Crippen molar-refractivity contribution in [2.45, 2.75) is 6.92 Å². The van der Waals surface area contributed by atoms with Crippen molar-refractivity contribution < 1.29 is 0 Å². The lowest BCUT2D eigenvalue weighted by Gasteiger charge is -2.06. The number of allylic oxidation sites excluding steroid dienone is 3. The summed E-state index contributed by atoms with van der Waals surface area (Å²) in [6.07, 6.45) is 7.93. The van der Waals surface area contributed by atoms with Crippen LogP contribution in [-0.4, -0.2) is 6.54 Å². The Kier molecular flexibility index (Phi) is 5.02. The quantitative estimate of drug-likeness (QED) is 0.711. The van der Waals surface area contributed by atoms with Crippen LogP contribution in [0.25, 0.3) is 0 Å². The number of rotatable bonds is 5. The molecular weight excluding hydrogens is 182 g/mol. The van der Waals surface area contributed by atoms with Crippen LogP contribution in [0.2, 0.25) is 0 Å². The topological polar surface area (TPSA) is 12.0 Å². The van der Waals surface area contributed by atoms with E-state index in [2.05, 4.69) is 30.1 Å². The Morgan fingerprint density at radius 3 is 2.67 bits per heavy atom. The largest absolute Gasteiger partial charge is 0.381 e. The van der Waals surface area contributed by atoms with Gasteiger partial charge in [-0.1, -0.05) is 49.1 Å². The van der Waals surface area contributed by atoms with Gasteiger partial charge >= 0.3 is 0 Å². The van der Waals surface area contributed by atoms with Gasteiger partial charge in [0.25, 0.3) is 0 Å². The summed E-state index contributed by atoms with van der Waals surface area (Å²) in [4.78, 5) is 0. The first kappa shape index (κ1) is 11.3. The number of anilines is 1. The highest BCUT2D eigenvalue weighted by Crippen LogP contribution is 2.06. The third kappa shape index (κ3) is 4.32. The van der Waals surface area contributed by atoms with Crippen LogP contribution < -0.4 is 5.32 Å². The molecule has 1 N–H and O–H groups in total. The van der Waals surface area contributed by atoms with Crippen molar-refractivity contribution in [3.05, 3.63) is 66.8 Å². The van der Waals surface area contributed by atoms with Gasteiger partial charge in [-0.3, -0.25) is 0 Å². The van der Waals surface area contributed by atoms with E-state index < -0.39 is 0 Å². The number of benzene rings is 1. The van der Waals surface area contributed by atoms with E-state index in [1.54, 1.807) is 0 Å². The highest BCUT2D eigenvalue weighted by molar-refractivity contribution is 5.44. The molecule has 0 saturated carbocycles. The fraction of sp³-hybridized carbons (Fsp3) is 0.143. The van der Waals surface area contributed by atoms with Gasteiger partial charge in [-0.25, -0.2) is 0 Å². The Balaban J connectivity index is 2.55. The van der Waals surface area contributed by atoms with E-state index in [-0.39, 0.29) is 0 Å². The van der Waals surface area contributed by atoms with E-state index in [4.69, 9.17) is 0 Å². The number of nitrogens with one attached hydrogen (secondary N) is 1. The summed E-state index contributed by atoms with van der Waals surface area (Å²) in [6, 6.07) is 10.2. The first-order valence-corrected chi connectivity index (χ1v) is 5.10. The Bertz CT molecular complexity index is 347. The van der Waals surface area contributed by atoms with Gasteiger partial charge in [-0.2, -0.15) is 0 Å². The molecule has 1 nitrogen and oxygen atoms in total. The van der Waals surface area contributed by atoms with Crippen molar-refractivity contribution in [1.82, 2.24) is 0 Å². The predicted octanol–water partition coefficient (Wildman–Crippen LogP) is 3.79. The van der Waals surface area contributed by atoms with E-state index in [1.165, 1.54) is 5.57 Å². The molecule has 0 bridgehead atoms. The third-order valence-electron chi connectivity index (χ3n) is 1.98. The molecular formula is C14H17N. The van der Waals surface area contributed by atoms with Gasteiger partial charge in [-0.15, -0.1) is 0 Å². The van der Waals surface area contributed by atoms with Gasteiger partial charge in [0.15, 0.2) is 0 Å². The molecule has 0 spiro atoms. The molecule has 15 heavy (non-hydrogen) atoms. The van der Waals surface area contributed by atoms with Gasteiger partial charge in [0, 0.05) is 12.2 Å². The van der Waals surface area contributed by atoms with E-state index in [0.717, 1.165) is 12.2 Å². The van der Waals surface area contributed by atoms with Crippen molar-refractivity contribution in [3.63, 3.8) is 0 Å². The molecule has 0 heterocycles. The van der Waals surface area contributed by atoms with Gasteiger partial charge in [0.1, 0.15) is 0 Å². The molecule has 0 radical (unpaired) electrons. The molecule has 0 aliphatic heterocycles. The Morgan fingerprint density at radius 1 is 1.33 bits per heavy atom. The smallest absolute Gasteiger partial charge is 0.0400 e. The Labute approximate surface area is 91.8 Å². The van der Waals surface area contributed by atoms with Crippen LogP contribution >= 0.6 is 0 Å². The summed E-state index contributed by atoms with van der Waals surface area (Å²) >= 11 is 0. The molecule has 0 aromatic heterocycles. The zero-order valence-corrected chi connectivity index (χ0v) is 9.11. The second-order valence-electron chi connectivity index (χ2n) is 3.20. The molecule has 1 aromatic carbocycles. The number of hydrogen-bond acceptors (Lipinski definition) is 1. The molecule has 1 rings (SSSR count). The first-order chi connectivity index (χ1) is 7.36. The van der Waals surface area contributed by atoms with Crippen molar-refractivity contribution in [3.8, 4) is 0 Å². The molecule has 0 aliphatic carbocycles. The molecule has 0 aliphatic rings. The van der Waals surface area contributed by atoms with E-state index in [0.29, 0.717) is 0 Å². The maximum Gasteiger partial charge on any atom is 0.0400 e. The average Bonchev–Trinajstić information content (AvgIpc) is 2.28. The molecule has 1 aromatic rings. The van der Waals surface area contributed by atoms with Crippen LogP contribution in [0.4, 0.5) is 5.69 Å². The second-order valence-corrected chi connectivity index (χ2v) is 3.20. The molecule has 0 unspecified atom stereocenters. The summed E-state index contributed by atoms with van der Waals surface area (Å²) < 4.78 is 0. The maximum atomic E-state index is 3.70. The zero-order chi connectivity index (χ0) is 10.9. The summed E-state index contributed by atoms with van der Waals surface area (Å²) in [5, 5.41) is 3.35. The normalized spacial score (nSPS) is 11.7. The minimum atomic E-state index is 0.820. The molecule has 0 saturated heterocycles. The number of hydrogen-bond donors (Lipinski definition) is 1. The summed E-state index contributed by atoms with van der Waals surface area (Å²) in [7, 11) is 0. The lowest BCUT2D eigenvalue weighted by molar-refractivity contribution is 1.26. The van der Waals surface area contributed by atoms with Crippen molar-refractivity contribution in [1.29, 1.82) is 0 Å². The molecule has 0 fully saturated rings. The average molecular weight is 199 g/mol. The minimum absolute atomic E-state index is 0.820. The molecule has 1 heteroatoms. The maximum absolute atomic E-state index is 3.70. The fourth-order valence-corrected chi connectivity index (χ4v) is 1.30. The lowest BCUT2D eigenvalue weighted by Crippen LogP contribution is -2.02.